The number of unbranched alkanes of at least 4 members (excludes halogenated alkanes) is 2. The van der Waals surface area contributed by atoms with E-state index in [0.29, 0.717) is 32.4 Å². The van der Waals surface area contributed by atoms with Crippen molar-refractivity contribution in [3.63, 3.8) is 0 Å². The summed E-state index contributed by atoms with van der Waals surface area (Å²) >= 11 is 0. The first kappa shape index (κ1) is 21.6. The van der Waals surface area contributed by atoms with Crippen LogP contribution in [0.5, 0.6) is 0 Å². The minimum atomic E-state index is -0.581. The number of hydrogen-bond donors (Lipinski definition) is 1. The molecule has 0 aromatic carbocycles. The van der Waals surface area contributed by atoms with Gasteiger partial charge in [-0.05, 0) is 26.7 Å². The Morgan fingerprint density at radius 1 is 0.913 bits per heavy atom. The molecule has 0 bridgehead atoms. The van der Waals surface area contributed by atoms with E-state index < -0.39 is 12.0 Å². The summed E-state index contributed by atoms with van der Waals surface area (Å²) in [5.74, 6) is -0.534. The Labute approximate surface area is 139 Å². The SMILES string of the molecule is CCCCCC(=O)CCNC(CCC(=O)OCC)C(=O)OCC. The number of ether oxygens (including phenoxy) is 2. The van der Waals surface area contributed by atoms with Crippen molar-refractivity contribution in [1.29, 1.82) is 0 Å². The van der Waals surface area contributed by atoms with Gasteiger partial charge in [0, 0.05) is 25.8 Å². The molecule has 1 unspecified atom stereocenters. The average Bonchev–Trinajstić information content (AvgIpc) is 2.51. The molecule has 0 rings (SSSR count). The number of rotatable bonds is 14. The summed E-state index contributed by atoms with van der Waals surface area (Å²) in [6.07, 6.45) is 4.49. The lowest BCUT2D eigenvalue weighted by Gasteiger charge is -2.16. The van der Waals surface area contributed by atoms with E-state index in [1.54, 1.807) is 13.8 Å². The van der Waals surface area contributed by atoms with Crippen molar-refractivity contribution in [3.8, 4) is 0 Å². The van der Waals surface area contributed by atoms with E-state index in [1.165, 1.54) is 0 Å². The Morgan fingerprint density at radius 3 is 2.22 bits per heavy atom. The molecular weight excluding hydrogens is 298 g/mol. The number of nitrogens with one attached hydrogen (secondary N) is 1. The predicted octanol–water partition coefficient (Wildman–Crippen LogP) is 2.39. The molecule has 0 fully saturated rings. The summed E-state index contributed by atoms with van der Waals surface area (Å²) in [6.45, 7) is 6.59. The minimum absolute atomic E-state index is 0.148. The third-order valence-corrected chi connectivity index (χ3v) is 3.37. The molecule has 0 aromatic heterocycles. The maximum absolute atomic E-state index is 11.9. The number of carbonyl (C=O) groups excluding carboxylic acids is 3. The third kappa shape index (κ3) is 11.8. The molecular formula is C17H31NO5. The van der Waals surface area contributed by atoms with Gasteiger partial charge in [0.2, 0.25) is 0 Å². The molecule has 0 aromatic rings. The van der Waals surface area contributed by atoms with Crippen molar-refractivity contribution in [1.82, 2.24) is 5.32 Å². The highest BCUT2D eigenvalue weighted by atomic mass is 16.5. The zero-order valence-corrected chi connectivity index (χ0v) is 14.7. The van der Waals surface area contributed by atoms with Gasteiger partial charge in [-0.1, -0.05) is 19.8 Å². The lowest BCUT2D eigenvalue weighted by molar-refractivity contribution is -0.147. The van der Waals surface area contributed by atoms with Gasteiger partial charge in [-0.2, -0.15) is 0 Å². The molecule has 0 aliphatic rings. The zero-order valence-electron chi connectivity index (χ0n) is 14.7. The van der Waals surface area contributed by atoms with Gasteiger partial charge in [0.05, 0.1) is 13.2 Å². The third-order valence-electron chi connectivity index (χ3n) is 3.37. The van der Waals surface area contributed by atoms with Crippen LogP contribution in [0.15, 0.2) is 0 Å². The maximum Gasteiger partial charge on any atom is 0.323 e. The molecule has 0 amide bonds. The first-order valence-corrected chi connectivity index (χ1v) is 8.62. The van der Waals surface area contributed by atoms with Crippen molar-refractivity contribution < 1.29 is 23.9 Å². The summed E-state index contributed by atoms with van der Waals surface area (Å²) in [4.78, 5) is 35.0. The fourth-order valence-electron chi connectivity index (χ4n) is 2.12. The number of hydrogen-bond acceptors (Lipinski definition) is 6. The van der Waals surface area contributed by atoms with Gasteiger partial charge in [-0.25, -0.2) is 0 Å². The molecule has 0 aliphatic carbocycles. The van der Waals surface area contributed by atoms with Crippen LogP contribution in [-0.4, -0.2) is 43.5 Å². The topological polar surface area (TPSA) is 81.7 Å². The molecule has 0 saturated heterocycles. The van der Waals surface area contributed by atoms with E-state index in [-0.39, 0.29) is 24.8 Å². The van der Waals surface area contributed by atoms with Gasteiger partial charge in [0.15, 0.2) is 0 Å². The van der Waals surface area contributed by atoms with E-state index in [0.717, 1.165) is 19.3 Å². The Hall–Kier alpha value is -1.43. The van der Waals surface area contributed by atoms with Gasteiger partial charge >= 0.3 is 11.9 Å². The van der Waals surface area contributed by atoms with Crippen molar-refractivity contribution in [2.24, 2.45) is 0 Å². The molecule has 0 heterocycles. The van der Waals surface area contributed by atoms with Crippen molar-refractivity contribution in [2.75, 3.05) is 19.8 Å². The number of ketones is 1. The number of carbonyl (C=O) groups is 3. The number of esters is 2. The first-order chi connectivity index (χ1) is 11.0. The molecule has 1 N–H and O–H groups in total. The molecule has 0 spiro atoms. The van der Waals surface area contributed by atoms with Crippen molar-refractivity contribution >= 4 is 17.7 Å². The van der Waals surface area contributed by atoms with E-state index in [4.69, 9.17) is 9.47 Å². The van der Waals surface area contributed by atoms with E-state index in [9.17, 15) is 14.4 Å². The van der Waals surface area contributed by atoms with Crippen LogP contribution < -0.4 is 5.32 Å². The van der Waals surface area contributed by atoms with Gasteiger partial charge in [0.1, 0.15) is 11.8 Å². The van der Waals surface area contributed by atoms with Gasteiger partial charge in [-0.15, -0.1) is 0 Å². The second-order valence-electron chi connectivity index (χ2n) is 5.35. The second-order valence-corrected chi connectivity index (χ2v) is 5.35. The fraction of sp³-hybridized carbons (Fsp3) is 0.824. The molecule has 6 heteroatoms. The summed E-state index contributed by atoms with van der Waals surface area (Å²) in [7, 11) is 0. The van der Waals surface area contributed by atoms with E-state index in [1.807, 2.05) is 0 Å². The highest BCUT2D eigenvalue weighted by Gasteiger charge is 2.20. The quantitative estimate of drug-likeness (QED) is 0.389. The van der Waals surface area contributed by atoms with Crippen LogP contribution in [-0.2, 0) is 23.9 Å². The lowest BCUT2D eigenvalue weighted by Crippen LogP contribution is -2.39. The summed E-state index contributed by atoms with van der Waals surface area (Å²) < 4.78 is 9.85. The average molecular weight is 329 g/mol. The lowest BCUT2D eigenvalue weighted by atomic mass is 10.1. The second kappa shape index (κ2) is 14.2. The summed E-state index contributed by atoms with van der Waals surface area (Å²) in [5.41, 5.74) is 0. The highest BCUT2D eigenvalue weighted by molar-refractivity contribution is 5.79. The van der Waals surface area contributed by atoms with Crippen LogP contribution in [0.1, 0.15) is 65.7 Å². The molecule has 134 valence electrons. The van der Waals surface area contributed by atoms with Gasteiger partial charge in [0.25, 0.3) is 0 Å². The first-order valence-electron chi connectivity index (χ1n) is 8.62. The van der Waals surface area contributed by atoms with Crippen LogP contribution in [0.2, 0.25) is 0 Å². The smallest absolute Gasteiger partial charge is 0.323 e. The molecule has 6 nitrogen and oxygen atoms in total. The monoisotopic (exact) mass is 329 g/mol. The molecule has 23 heavy (non-hydrogen) atoms. The minimum Gasteiger partial charge on any atom is -0.466 e. The van der Waals surface area contributed by atoms with Crippen LogP contribution in [0.4, 0.5) is 0 Å². The Morgan fingerprint density at radius 2 is 1.61 bits per heavy atom. The van der Waals surface area contributed by atoms with Crippen molar-refractivity contribution in [3.05, 3.63) is 0 Å². The van der Waals surface area contributed by atoms with Crippen LogP contribution in [0.3, 0.4) is 0 Å². The van der Waals surface area contributed by atoms with Crippen molar-refractivity contribution in [2.45, 2.75) is 71.8 Å². The van der Waals surface area contributed by atoms with E-state index in [2.05, 4.69) is 12.2 Å². The van der Waals surface area contributed by atoms with Gasteiger partial charge < -0.3 is 14.8 Å². The van der Waals surface area contributed by atoms with Crippen LogP contribution >= 0.6 is 0 Å². The molecule has 0 radical (unpaired) electrons. The normalized spacial score (nSPS) is 11.8. The Kier molecular flexibility index (Phi) is 13.3. The number of Topliss-reactive ketones (excluding diaryl/α,β-unsaturated/α-hetero) is 1. The molecule has 0 saturated carbocycles. The van der Waals surface area contributed by atoms with Crippen LogP contribution in [0.25, 0.3) is 0 Å². The van der Waals surface area contributed by atoms with Crippen LogP contribution in [0, 0.1) is 0 Å². The summed E-state index contributed by atoms with van der Waals surface area (Å²) in [6, 6.07) is -0.581. The van der Waals surface area contributed by atoms with Gasteiger partial charge in [-0.3, -0.25) is 14.4 Å². The largest absolute Gasteiger partial charge is 0.466 e. The predicted molar refractivity (Wildman–Crippen MR) is 88.1 cm³/mol. The summed E-state index contributed by atoms with van der Waals surface area (Å²) in [5, 5.41) is 3.02. The fourth-order valence-corrected chi connectivity index (χ4v) is 2.12. The van der Waals surface area contributed by atoms with E-state index >= 15 is 0 Å². The Balaban J connectivity index is 4.17. The molecule has 0 aliphatic heterocycles. The Bertz CT molecular complexity index is 357. The zero-order chi connectivity index (χ0) is 17.5. The maximum atomic E-state index is 11.9. The standard InChI is InChI=1S/C17H31NO5/c1-4-7-8-9-14(19)12-13-18-15(17(21)23-6-3)10-11-16(20)22-5-2/h15,18H,4-13H2,1-3H3. The highest BCUT2D eigenvalue weighted by Crippen LogP contribution is 2.04. The molecule has 1 atom stereocenters.